The molecule has 5 heteroatoms. The van der Waals surface area contributed by atoms with Gasteiger partial charge in [-0.3, -0.25) is 4.79 Å². The lowest BCUT2D eigenvalue weighted by Crippen LogP contribution is -2.31. The molecule has 0 saturated heterocycles. The molecule has 1 amide bonds. The van der Waals surface area contributed by atoms with Crippen molar-refractivity contribution >= 4 is 23.2 Å². The van der Waals surface area contributed by atoms with Crippen LogP contribution in [0.25, 0.3) is 0 Å². The molecule has 0 aromatic heterocycles. The van der Waals surface area contributed by atoms with Crippen LogP contribution in [0.5, 0.6) is 17.2 Å². The minimum absolute atomic E-state index is 0.0725. The van der Waals surface area contributed by atoms with Crippen LogP contribution in [0.3, 0.4) is 0 Å². The van der Waals surface area contributed by atoms with Crippen LogP contribution in [0.2, 0.25) is 0 Å². The monoisotopic (exact) mass is 441 g/mol. The van der Waals surface area contributed by atoms with Crippen molar-refractivity contribution in [3.8, 4) is 17.2 Å². The smallest absolute Gasteiger partial charge is 0.242 e. The summed E-state index contributed by atoms with van der Waals surface area (Å²) in [5, 5.41) is 0. The van der Waals surface area contributed by atoms with Gasteiger partial charge in [0.05, 0.1) is 13.7 Å². The molecule has 0 spiro atoms. The van der Waals surface area contributed by atoms with Gasteiger partial charge in [-0.05, 0) is 54.1 Å². The molecule has 0 N–H and O–H groups in total. The second-order valence-electron chi connectivity index (χ2n) is 5.87. The fourth-order valence-electron chi connectivity index (χ4n) is 2.64. The minimum Gasteiger partial charge on any atom is -0.497 e. The lowest BCUT2D eigenvalue weighted by molar-refractivity contribution is -0.116. The summed E-state index contributed by atoms with van der Waals surface area (Å²) >= 11 is 5.80. The highest BCUT2D eigenvalue weighted by Crippen LogP contribution is 2.27. The van der Waals surface area contributed by atoms with Crippen molar-refractivity contribution in [3.05, 3.63) is 84.4 Å². The number of amides is 1. The zero-order chi connectivity index (χ0) is 23.1. The maximum atomic E-state index is 12.3. The largest absolute Gasteiger partial charge is 0.497 e. The Hall–Kier alpha value is -2.98. The number of carbonyl (C=O) groups is 1. The van der Waals surface area contributed by atoms with Gasteiger partial charge in [0.25, 0.3) is 0 Å². The van der Waals surface area contributed by atoms with E-state index in [0.29, 0.717) is 18.0 Å². The van der Waals surface area contributed by atoms with E-state index in [0.717, 1.165) is 17.0 Å². The van der Waals surface area contributed by atoms with Crippen molar-refractivity contribution in [2.45, 2.75) is 34.2 Å². The molecule has 0 fully saturated rings. The van der Waals surface area contributed by atoms with Gasteiger partial charge >= 0.3 is 0 Å². The number of hydrogen-bond acceptors (Lipinski definition) is 3. The van der Waals surface area contributed by atoms with Gasteiger partial charge in [-0.15, -0.1) is 11.6 Å². The van der Waals surface area contributed by atoms with E-state index >= 15 is 0 Å². The first kappa shape index (κ1) is 26.1. The number of anilines is 1. The van der Waals surface area contributed by atoms with Crippen molar-refractivity contribution in [1.82, 2.24) is 0 Å². The topological polar surface area (TPSA) is 38.8 Å². The van der Waals surface area contributed by atoms with Gasteiger partial charge in [-0.25, -0.2) is 0 Å². The molecule has 0 unspecified atom stereocenters. The minimum atomic E-state index is -0.149. The van der Waals surface area contributed by atoms with E-state index in [4.69, 9.17) is 21.1 Å². The lowest BCUT2D eigenvalue weighted by Gasteiger charge is -2.22. The van der Waals surface area contributed by atoms with Gasteiger partial charge in [-0.2, -0.15) is 0 Å². The van der Waals surface area contributed by atoms with Crippen molar-refractivity contribution in [2.75, 3.05) is 17.9 Å². The molecule has 0 bridgehead atoms. The fourth-order valence-corrected chi connectivity index (χ4v) is 2.78. The van der Waals surface area contributed by atoms with Gasteiger partial charge < -0.3 is 14.4 Å². The maximum absolute atomic E-state index is 12.3. The second-order valence-corrected chi connectivity index (χ2v) is 6.14. The standard InChI is InChI=1S/C22H20ClNO3.2C2H6/c1-26-19-11-13-21(14-12-19)27-20-9-7-18(8-10-20)24(22(25)15-23)16-17-5-3-2-4-6-17;2*1-2/h2-14H,15-16H2,1H3;2*1-2H3. The number of benzene rings is 3. The summed E-state index contributed by atoms with van der Waals surface area (Å²) in [4.78, 5) is 14.0. The third kappa shape index (κ3) is 8.35. The van der Waals surface area contributed by atoms with Crippen molar-refractivity contribution in [1.29, 1.82) is 0 Å². The van der Waals surface area contributed by atoms with Crippen LogP contribution in [-0.4, -0.2) is 18.9 Å². The predicted molar refractivity (Wildman–Crippen MR) is 131 cm³/mol. The number of carbonyl (C=O) groups excluding carboxylic acids is 1. The van der Waals surface area contributed by atoms with E-state index in [1.807, 2.05) is 107 Å². The Morgan fingerprint density at radius 1 is 0.774 bits per heavy atom. The van der Waals surface area contributed by atoms with E-state index in [2.05, 4.69) is 0 Å². The lowest BCUT2D eigenvalue weighted by atomic mass is 10.2. The molecule has 4 nitrogen and oxygen atoms in total. The van der Waals surface area contributed by atoms with Gasteiger partial charge in [0, 0.05) is 5.69 Å². The molecule has 31 heavy (non-hydrogen) atoms. The van der Waals surface area contributed by atoms with Crippen molar-refractivity contribution in [2.24, 2.45) is 0 Å². The van der Waals surface area contributed by atoms with Crippen LogP contribution in [0, 0.1) is 0 Å². The molecular formula is C26H32ClNO3. The first-order valence-electron chi connectivity index (χ1n) is 10.5. The highest BCUT2D eigenvalue weighted by Gasteiger charge is 2.15. The highest BCUT2D eigenvalue weighted by atomic mass is 35.5. The predicted octanol–water partition coefficient (Wildman–Crippen LogP) is 7.31. The molecule has 0 aliphatic rings. The highest BCUT2D eigenvalue weighted by molar-refractivity contribution is 6.29. The summed E-state index contributed by atoms with van der Waals surface area (Å²) in [6, 6.07) is 24.5. The number of methoxy groups -OCH3 is 1. The summed E-state index contributed by atoms with van der Waals surface area (Å²) in [6.07, 6.45) is 0. The summed E-state index contributed by atoms with van der Waals surface area (Å²) in [7, 11) is 1.62. The van der Waals surface area contributed by atoms with E-state index in [9.17, 15) is 4.79 Å². The number of halogens is 1. The third-order valence-electron chi connectivity index (χ3n) is 4.04. The number of ether oxygens (including phenoxy) is 2. The zero-order valence-corrected chi connectivity index (χ0v) is 19.7. The van der Waals surface area contributed by atoms with Gasteiger partial charge in [0.2, 0.25) is 5.91 Å². The number of alkyl halides is 1. The summed E-state index contributed by atoms with van der Waals surface area (Å²) in [5.41, 5.74) is 1.81. The SMILES string of the molecule is CC.CC.COc1ccc(Oc2ccc(N(Cc3ccccc3)C(=O)CCl)cc2)cc1. The Balaban J connectivity index is 0.00000113. The number of hydrogen-bond donors (Lipinski definition) is 0. The molecular weight excluding hydrogens is 410 g/mol. The molecule has 0 saturated carbocycles. The Kier molecular flexibility index (Phi) is 12.5. The fraction of sp³-hybridized carbons (Fsp3) is 0.269. The van der Waals surface area contributed by atoms with Crippen LogP contribution < -0.4 is 14.4 Å². The van der Waals surface area contributed by atoms with Crippen molar-refractivity contribution in [3.63, 3.8) is 0 Å². The van der Waals surface area contributed by atoms with Crippen LogP contribution in [0.1, 0.15) is 33.3 Å². The summed E-state index contributed by atoms with van der Waals surface area (Å²) in [6.45, 7) is 8.46. The third-order valence-corrected chi connectivity index (χ3v) is 4.27. The quantitative estimate of drug-likeness (QED) is 0.360. The molecule has 0 aliphatic heterocycles. The van der Waals surface area contributed by atoms with Crippen molar-refractivity contribution < 1.29 is 14.3 Å². The zero-order valence-electron chi connectivity index (χ0n) is 19.0. The molecule has 0 heterocycles. The molecule has 166 valence electrons. The van der Waals surface area contributed by atoms with Crippen LogP contribution >= 0.6 is 11.6 Å². The number of rotatable bonds is 7. The normalized spacial score (nSPS) is 9.35. The van der Waals surface area contributed by atoms with Gasteiger partial charge in [-0.1, -0.05) is 58.0 Å². The maximum Gasteiger partial charge on any atom is 0.242 e. The average molecular weight is 442 g/mol. The van der Waals surface area contributed by atoms with E-state index in [1.165, 1.54) is 0 Å². The molecule has 0 aliphatic carbocycles. The summed E-state index contributed by atoms with van der Waals surface area (Å²) in [5.74, 6) is 1.94. The second kappa shape index (κ2) is 14.9. The first-order valence-corrected chi connectivity index (χ1v) is 11.1. The van der Waals surface area contributed by atoms with E-state index in [-0.39, 0.29) is 11.8 Å². The molecule has 0 radical (unpaired) electrons. The van der Waals surface area contributed by atoms with Crippen LogP contribution in [-0.2, 0) is 11.3 Å². The van der Waals surface area contributed by atoms with Gasteiger partial charge in [0.15, 0.2) is 0 Å². The molecule has 3 aromatic carbocycles. The van der Waals surface area contributed by atoms with Crippen LogP contribution in [0.4, 0.5) is 5.69 Å². The Labute approximate surface area is 191 Å². The van der Waals surface area contributed by atoms with E-state index in [1.54, 1.807) is 12.0 Å². The first-order chi connectivity index (χ1) is 15.2. The molecule has 0 atom stereocenters. The van der Waals surface area contributed by atoms with Crippen LogP contribution in [0.15, 0.2) is 78.9 Å². The molecule has 3 aromatic rings. The molecule has 3 rings (SSSR count). The average Bonchev–Trinajstić information content (AvgIpc) is 2.86. The Morgan fingerprint density at radius 3 is 1.74 bits per heavy atom. The summed E-state index contributed by atoms with van der Waals surface area (Å²) < 4.78 is 11.0. The van der Waals surface area contributed by atoms with E-state index < -0.39 is 0 Å². The Morgan fingerprint density at radius 2 is 1.26 bits per heavy atom. The van der Waals surface area contributed by atoms with Gasteiger partial charge in [0.1, 0.15) is 23.1 Å². The Bertz CT molecular complexity index is 865. The number of nitrogens with zero attached hydrogens (tertiary/aromatic N) is 1.